The fourth-order valence-corrected chi connectivity index (χ4v) is 12.4. The third-order valence-electron chi connectivity index (χ3n) is 12.2. The summed E-state index contributed by atoms with van der Waals surface area (Å²) < 4.78 is 2.91. The van der Waals surface area contributed by atoms with Crippen LogP contribution in [0.5, 0.6) is 0 Å². The monoisotopic (exact) mass is 812 g/mol. The fraction of sp³-hybridized carbons (Fsp3) is 0. The van der Waals surface area contributed by atoms with Gasteiger partial charge in [-0.1, -0.05) is 18.2 Å². The van der Waals surface area contributed by atoms with Gasteiger partial charge in [0.2, 0.25) is 0 Å². The summed E-state index contributed by atoms with van der Waals surface area (Å²) >= 11 is 0.112. The van der Waals surface area contributed by atoms with Gasteiger partial charge in [-0.05, 0) is 0 Å². The molecular weight excluding hydrogens is 776 g/mol. The molecule has 0 bridgehead atoms. The van der Waals surface area contributed by atoms with Crippen molar-refractivity contribution in [1.82, 2.24) is 0 Å². The first kappa shape index (κ1) is 34.1. The Morgan fingerprint density at radius 1 is 0.220 bits per heavy atom. The van der Waals surface area contributed by atoms with Gasteiger partial charge < -0.3 is 0 Å². The van der Waals surface area contributed by atoms with Gasteiger partial charge in [0.25, 0.3) is 0 Å². The Hall–Kier alpha value is -7.02. The Kier molecular flexibility index (Phi) is 7.98. The average Bonchev–Trinajstić information content (AvgIpc) is 3.69. The van der Waals surface area contributed by atoms with Crippen LogP contribution in [-0.4, -0.2) is 14.5 Å². The van der Waals surface area contributed by atoms with E-state index in [2.05, 4.69) is 218 Å². The minimum Gasteiger partial charge on any atom is -0.0617 e. The molecule has 0 aliphatic heterocycles. The first-order chi connectivity index (χ1) is 29.3. The quantitative estimate of drug-likeness (QED) is 0.120. The van der Waals surface area contributed by atoms with Crippen LogP contribution in [0.25, 0.3) is 118 Å². The summed E-state index contributed by atoms with van der Waals surface area (Å²) in [5, 5.41) is 13.1. The van der Waals surface area contributed by atoms with E-state index in [1.807, 2.05) is 0 Å². The molecule has 1 aromatic heterocycles. The third-order valence-corrected chi connectivity index (χ3v) is 14.8. The van der Waals surface area contributed by atoms with Crippen molar-refractivity contribution >= 4 is 76.9 Å². The van der Waals surface area contributed by atoms with Crippen LogP contribution in [0.2, 0.25) is 0 Å². The molecule has 0 atom stereocenters. The topological polar surface area (TPSA) is 0 Å². The first-order valence-corrected chi connectivity index (χ1v) is 22.1. The minimum absolute atomic E-state index is 0.112. The van der Waals surface area contributed by atoms with E-state index in [0.29, 0.717) is 0 Å². The molecule has 12 aromatic rings. The molecule has 1 heterocycles. The summed E-state index contributed by atoms with van der Waals surface area (Å²) in [6.45, 7) is 0. The molecule has 0 aliphatic rings. The van der Waals surface area contributed by atoms with Crippen molar-refractivity contribution < 1.29 is 0 Å². The molecule has 0 saturated carbocycles. The Morgan fingerprint density at radius 3 is 1.15 bits per heavy atom. The zero-order chi connectivity index (χ0) is 38.9. The van der Waals surface area contributed by atoms with Crippen molar-refractivity contribution in [2.24, 2.45) is 0 Å². The van der Waals surface area contributed by atoms with Crippen molar-refractivity contribution in [3.05, 3.63) is 218 Å². The molecule has 0 spiro atoms. The van der Waals surface area contributed by atoms with Gasteiger partial charge in [-0.2, -0.15) is 0 Å². The molecule has 0 aliphatic carbocycles. The standard InChI is InChI=1S/C58H36Se/c1-3-17-37(18-4-1)39-21-15-22-40(35-39)55-43-23-7-9-25-45(43)56(46-26-10-8-24-44(46)55)41-33-34-42-51-31-16-32-52(58(51)59-53(42)36-41)57-49-29-13-11-27-47(49)54(38-19-5-2-6-20-38)48-28-12-14-30-50(48)57/h1-36H. The van der Waals surface area contributed by atoms with Crippen molar-refractivity contribution in [2.45, 2.75) is 0 Å². The molecule has 0 radical (unpaired) electrons. The van der Waals surface area contributed by atoms with Gasteiger partial charge in [0.05, 0.1) is 0 Å². The Balaban J connectivity index is 1.08. The maximum atomic E-state index is 2.51. The molecule has 274 valence electrons. The molecule has 0 unspecified atom stereocenters. The smallest absolute Gasteiger partial charge is 0.0617 e. The van der Waals surface area contributed by atoms with Crippen LogP contribution in [0.3, 0.4) is 0 Å². The summed E-state index contributed by atoms with van der Waals surface area (Å²) in [6.07, 6.45) is 0. The maximum absolute atomic E-state index is 2.51. The zero-order valence-electron chi connectivity index (χ0n) is 32.2. The molecule has 0 nitrogen and oxygen atoms in total. The van der Waals surface area contributed by atoms with Crippen LogP contribution in [0.15, 0.2) is 218 Å². The second-order valence-electron chi connectivity index (χ2n) is 15.5. The van der Waals surface area contributed by atoms with Crippen LogP contribution in [-0.2, 0) is 0 Å². The van der Waals surface area contributed by atoms with Crippen molar-refractivity contribution in [3.8, 4) is 55.6 Å². The number of rotatable bonds is 5. The number of benzene rings is 11. The summed E-state index contributed by atoms with van der Waals surface area (Å²) in [5.74, 6) is 0. The van der Waals surface area contributed by atoms with E-state index in [1.165, 1.54) is 118 Å². The van der Waals surface area contributed by atoms with E-state index >= 15 is 0 Å². The molecule has 0 N–H and O–H groups in total. The third kappa shape index (κ3) is 5.44. The molecule has 0 fully saturated rings. The van der Waals surface area contributed by atoms with Crippen LogP contribution in [0, 0.1) is 0 Å². The van der Waals surface area contributed by atoms with E-state index in [-0.39, 0.29) is 14.5 Å². The van der Waals surface area contributed by atoms with Crippen LogP contribution < -0.4 is 0 Å². The summed E-state index contributed by atoms with van der Waals surface area (Å²) in [7, 11) is 0. The number of fused-ring (bicyclic) bond motifs is 7. The van der Waals surface area contributed by atoms with Gasteiger partial charge in [-0.25, -0.2) is 0 Å². The predicted molar refractivity (Wildman–Crippen MR) is 256 cm³/mol. The molecule has 1 heteroatoms. The molecule has 0 saturated heterocycles. The van der Waals surface area contributed by atoms with Gasteiger partial charge in [-0.3, -0.25) is 0 Å². The van der Waals surface area contributed by atoms with E-state index < -0.39 is 0 Å². The van der Waals surface area contributed by atoms with Crippen molar-refractivity contribution in [1.29, 1.82) is 0 Å². The molecule has 12 rings (SSSR count). The molecule has 59 heavy (non-hydrogen) atoms. The second kappa shape index (κ2) is 13.8. The van der Waals surface area contributed by atoms with Gasteiger partial charge in [0.15, 0.2) is 0 Å². The molecule has 0 amide bonds. The normalized spacial score (nSPS) is 11.7. The molecular formula is C58H36Se. The minimum atomic E-state index is 0.112. The molecule has 11 aromatic carbocycles. The van der Waals surface area contributed by atoms with Crippen LogP contribution >= 0.6 is 0 Å². The van der Waals surface area contributed by atoms with E-state index in [4.69, 9.17) is 0 Å². The Labute approximate surface area is 349 Å². The Morgan fingerprint density at radius 2 is 0.610 bits per heavy atom. The summed E-state index contributed by atoms with van der Waals surface area (Å²) in [4.78, 5) is 0. The van der Waals surface area contributed by atoms with E-state index in [0.717, 1.165) is 0 Å². The number of hydrogen-bond donors (Lipinski definition) is 0. The number of hydrogen-bond acceptors (Lipinski definition) is 0. The van der Waals surface area contributed by atoms with Gasteiger partial charge in [0.1, 0.15) is 0 Å². The average molecular weight is 812 g/mol. The van der Waals surface area contributed by atoms with E-state index in [9.17, 15) is 0 Å². The van der Waals surface area contributed by atoms with Gasteiger partial charge in [-0.15, -0.1) is 0 Å². The van der Waals surface area contributed by atoms with Crippen LogP contribution in [0.1, 0.15) is 0 Å². The fourth-order valence-electron chi connectivity index (χ4n) is 9.72. The summed E-state index contributed by atoms with van der Waals surface area (Å²) in [5.41, 5.74) is 12.8. The van der Waals surface area contributed by atoms with Crippen molar-refractivity contribution in [3.63, 3.8) is 0 Å². The predicted octanol–water partition coefficient (Wildman–Crippen LogP) is 16.0. The van der Waals surface area contributed by atoms with Gasteiger partial charge in [0, 0.05) is 0 Å². The van der Waals surface area contributed by atoms with Gasteiger partial charge >= 0.3 is 333 Å². The van der Waals surface area contributed by atoms with Crippen LogP contribution in [0.4, 0.5) is 0 Å². The Bertz CT molecular complexity index is 3480. The summed E-state index contributed by atoms with van der Waals surface area (Å²) in [6, 6.07) is 81.0. The second-order valence-corrected chi connectivity index (χ2v) is 17.7. The van der Waals surface area contributed by atoms with E-state index in [1.54, 1.807) is 0 Å². The SMILES string of the molecule is c1ccc(-c2cccc(-c3c4ccccc4c(-c4ccc5c(c4)[se]c4c(-c6c7ccccc7c(-c7ccccc7)c7ccccc67)cccc45)c4ccccc34)c2)cc1. The zero-order valence-corrected chi connectivity index (χ0v) is 33.9. The first-order valence-electron chi connectivity index (χ1n) is 20.3. The van der Waals surface area contributed by atoms with Crippen molar-refractivity contribution in [2.75, 3.05) is 0 Å².